The van der Waals surface area contributed by atoms with Crippen LogP contribution in [-0.2, 0) is 19.5 Å². The Bertz CT molecular complexity index is 667. The molecule has 2 aromatic rings. The summed E-state index contributed by atoms with van der Waals surface area (Å²) >= 11 is 0. The molecule has 1 aromatic carbocycles. The highest BCUT2D eigenvalue weighted by Gasteiger charge is 2.28. The second-order valence-corrected chi connectivity index (χ2v) is 6.03. The third-order valence-corrected chi connectivity index (χ3v) is 4.33. The molecule has 4 heteroatoms. The van der Waals surface area contributed by atoms with Crippen molar-refractivity contribution in [3.63, 3.8) is 0 Å². The highest BCUT2D eigenvalue weighted by atomic mass is 19.1. The average molecular weight is 283 g/mol. The van der Waals surface area contributed by atoms with E-state index in [4.69, 9.17) is 4.98 Å². The van der Waals surface area contributed by atoms with E-state index in [1.54, 1.807) is 6.07 Å². The van der Waals surface area contributed by atoms with Gasteiger partial charge in [0.05, 0.1) is 0 Å². The van der Waals surface area contributed by atoms with E-state index in [0.29, 0.717) is 12.5 Å². The topological polar surface area (TPSA) is 29.0 Å². The summed E-state index contributed by atoms with van der Waals surface area (Å²) in [5.41, 5.74) is 3.15. The first-order valence-electron chi connectivity index (χ1n) is 7.60. The van der Waals surface area contributed by atoms with Crippen molar-refractivity contribution in [3.8, 4) is 0 Å². The van der Waals surface area contributed by atoms with Crippen molar-refractivity contribution in [1.82, 2.24) is 14.9 Å². The van der Waals surface area contributed by atoms with Gasteiger partial charge in [-0.05, 0) is 18.9 Å². The largest absolute Gasteiger partial charge is 0.294 e. The minimum Gasteiger partial charge on any atom is -0.294 e. The zero-order valence-electron chi connectivity index (χ0n) is 11.9. The number of fused-ring (bicyclic) bond motifs is 1. The number of rotatable bonds is 3. The van der Waals surface area contributed by atoms with Crippen LogP contribution in [0.5, 0.6) is 0 Å². The van der Waals surface area contributed by atoms with Gasteiger partial charge in [-0.15, -0.1) is 0 Å². The molecule has 1 saturated carbocycles. The molecule has 0 unspecified atom stereocenters. The zero-order valence-corrected chi connectivity index (χ0v) is 11.9. The minimum atomic E-state index is -0.122. The Labute approximate surface area is 123 Å². The van der Waals surface area contributed by atoms with Crippen LogP contribution >= 0.6 is 0 Å². The molecule has 0 N–H and O–H groups in total. The van der Waals surface area contributed by atoms with E-state index in [1.807, 2.05) is 18.3 Å². The Balaban J connectivity index is 1.50. The van der Waals surface area contributed by atoms with Crippen LogP contribution in [0.1, 0.15) is 41.4 Å². The van der Waals surface area contributed by atoms with E-state index in [1.165, 1.54) is 30.2 Å². The molecule has 0 radical (unpaired) electrons. The van der Waals surface area contributed by atoms with Crippen LogP contribution in [0.15, 0.2) is 30.5 Å². The van der Waals surface area contributed by atoms with Crippen LogP contribution < -0.4 is 0 Å². The molecule has 1 aromatic heterocycles. The molecule has 0 spiro atoms. The molecule has 108 valence electrons. The second kappa shape index (κ2) is 5.19. The van der Waals surface area contributed by atoms with Gasteiger partial charge in [-0.3, -0.25) is 4.90 Å². The van der Waals surface area contributed by atoms with Gasteiger partial charge in [-0.1, -0.05) is 18.2 Å². The summed E-state index contributed by atoms with van der Waals surface area (Å²) in [4.78, 5) is 11.5. The smallest absolute Gasteiger partial charge is 0.131 e. The van der Waals surface area contributed by atoms with E-state index >= 15 is 0 Å². The van der Waals surface area contributed by atoms with Crippen molar-refractivity contribution in [1.29, 1.82) is 0 Å². The molecule has 0 bridgehead atoms. The van der Waals surface area contributed by atoms with Crippen molar-refractivity contribution < 1.29 is 4.39 Å². The molecule has 1 aliphatic carbocycles. The van der Waals surface area contributed by atoms with Gasteiger partial charge in [0.2, 0.25) is 0 Å². The second-order valence-electron chi connectivity index (χ2n) is 6.03. The number of halogens is 1. The summed E-state index contributed by atoms with van der Waals surface area (Å²) in [6.45, 7) is 2.40. The van der Waals surface area contributed by atoms with Crippen LogP contribution in [0.4, 0.5) is 4.39 Å². The van der Waals surface area contributed by atoms with E-state index in [0.717, 1.165) is 30.9 Å². The number of nitrogens with zero attached hydrogens (tertiary/aromatic N) is 3. The Morgan fingerprint density at radius 1 is 1.24 bits per heavy atom. The summed E-state index contributed by atoms with van der Waals surface area (Å²) < 4.78 is 13.7. The van der Waals surface area contributed by atoms with Crippen LogP contribution in [0.2, 0.25) is 0 Å². The maximum absolute atomic E-state index is 13.7. The highest BCUT2D eigenvalue weighted by molar-refractivity contribution is 5.23. The van der Waals surface area contributed by atoms with Crippen molar-refractivity contribution in [2.24, 2.45) is 0 Å². The van der Waals surface area contributed by atoms with E-state index in [9.17, 15) is 4.39 Å². The lowest BCUT2D eigenvalue weighted by Crippen LogP contribution is -2.31. The Kier molecular flexibility index (Phi) is 3.19. The van der Waals surface area contributed by atoms with Gasteiger partial charge in [0, 0.05) is 55.0 Å². The normalized spacial score (nSPS) is 18.5. The summed E-state index contributed by atoms with van der Waals surface area (Å²) in [6.07, 6.45) is 5.38. The molecule has 0 atom stereocenters. The highest BCUT2D eigenvalue weighted by Crippen LogP contribution is 2.38. The fourth-order valence-electron chi connectivity index (χ4n) is 2.93. The maximum atomic E-state index is 13.7. The first kappa shape index (κ1) is 12.9. The first-order valence-corrected chi connectivity index (χ1v) is 7.60. The SMILES string of the molecule is Fc1ccccc1CN1CCc2nc(C3CC3)ncc2C1. The van der Waals surface area contributed by atoms with E-state index in [-0.39, 0.29) is 5.82 Å². The maximum Gasteiger partial charge on any atom is 0.131 e. The number of hydrogen-bond acceptors (Lipinski definition) is 3. The fraction of sp³-hybridized carbons (Fsp3) is 0.412. The van der Waals surface area contributed by atoms with Crippen LogP contribution in [-0.4, -0.2) is 21.4 Å². The minimum absolute atomic E-state index is 0.122. The monoisotopic (exact) mass is 283 g/mol. The number of benzene rings is 1. The summed E-state index contributed by atoms with van der Waals surface area (Å²) in [5, 5.41) is 0. The lowest BCUT2D eigenvalue weighted by Gasteiger charge is -2.28. The van der Waals surface area contributed by atoms with Gasteiger partial charge in [0.25, 0.3) is 0 Å². The van der Waals surface area contributed by atoms with Crippen molar-refractivity contribution in [3.05, 3.63) is 58.9 Å². The molecule has 0 amide bonds. The lowest BCUT2D eigenvalue weighted by molar-refractivity contribution is 0.239. The van der Waals surface area contributed by atoms with Gasteiger partial charge >= 0.3 is 0 Å². The van der Waals surface area contributed by atoms with Gasteiger partial charge in [0.1, 0.15) is 11.6 Å². The molecule has 2 heterocycles. The third-order valence-electron chi connectivity index (χ3n) is 4.33. The molecule has 1 fully saturated rings. The molecule has 21 heavy (non-hydrogen) atoms. The molecule has 1 aliphatic heterocycles. The van der Waals surface area contributed by atoms with E-state index in [2.05, 4.69) is 9.88 Å². The molecular weight excluding hydrogens is 265 g/mol. The number of aromatic nitrogens is 2. The summed E-state index contributed by atoms with van der Waals surface area (Å²) in [6, 6.07) is 7.01. The van der Waals surface area contributed by atoms with Crippen LogP contribution in [0.3, 0.4) is 0 Å². The Hall–Kier alpha value is -1.81. The quantitative estimate of drug-likeness (QED) is 0.867. The van der Waals surface area contributed by atoms with Gasteiger partial charge in [-0.25, -0.2) is 14.4 Å². The molecule has 2 aliphatic rings. The molecular formula is C17H18FN3. The molecule has 4 rings (SSSR count). The first-order chi connectivity index (χ1) is 10.3. The van der Waals surface area contributed by atoms with Gasteiger partial charge in [-0.2, -0.15) is 0 Å². The fourth-order valence-corrected chi connectivity index (χ4v) is 2.93. The zero-order chi connectivity index (χ0) is 14.2. The third kappa shape index (κ3) is 2.68. The van der Waals surface area contributed by atoms with Gasteiger partial charge < -0.3 is 0 Å². The molecule has 3 nitrogen and oxygen atoms in total. The van der Waals surface area contributed by atoms with E-state index < -0.39 is 0 Å². The Morgan fingerprint density at radius 3 is 2.90 bits per heavy atom. The van der Waals surface area contributed by atoms with Crippen LogP contribution in [0.25, 0.3) is 0 Å². The summed E-state index contributed by atoms with van der Waals surface area (Å²) in [5.74, 6) is 1.51. The number of hydrogen-bond donors (Lipinski definition) is 0. The van der Waals surface area contributed by atoms with Crippen molar-refractivity contribution >= 4 is 0 Å². The summed E-state index contributed by atoms with van der Waals surface area (Å²) in [7, 11) is 0. The lowest BCUT2D eigenvalue weighted by atomic mass is 10.1. The predicted molar refractivity (Wildman–Crippen MR) is 78.2 cm³/mol. The molecule has 0 saturated heterocycles. The Morgan fingerprint density at radius 2 is 2.10 bits per heavy atom. The predicted octanol–water partition coefficient (Wildman–Crippen LogP) is 3.05. The average Bonchev–Trinajstić information content (AvgIpc) is 3.34. The van der Waals surface area contributed by atoms with Crippen molar-refractivity contribution in [2.45, 2.75) is 38.3 Å². The van der Waals surface area contributed by atoms with Crippen molar-refractivity contribution in [2.75, 3.05) is 6.54 Å². The van der Waals surface area contributed by atoms with Gasteiger partial charge in [0.15, 0.2) is 0 Å². The standard InChI is InChI=1S/C17H18FN3/c18-15-4-2-1-3-13(15)10-21-8-7-16-14(11-21)9-19-17(20-16)12-5-6-12/h1-4,9,12H,5-8,10-11H2. The van der Waals surface area contributed by atoms with Crippen LogP contribution in [0, 0.1) is 5.82 Å².